The minimum Gasteiger partial charge on any atom is -0.332 e. The van der Waals surface area contributed by atoms with Gasteiger partial charge < -0.3 is 5.32 Å². The number of hydrogen-bond donors (Lipinski definition) is 1. The van der Waals surface area contributed by atoms with Gasteiger partial charge in [0.1, 0.15) is 0 Å². The number of para-hydroxylation sites is 1. The summed E-state index contributed by atoms with van der Waals surface area (Å²) in [5.41, 5.74) is 4.04. The minimum absolute atomic E-state index is 0.194. The fourth-order valence-corrected chi connectivity index (χ4v) is 5.62. The van der Waals surface area contributed by atoms with Gasteiger partial charge in [-0.1, -0.05) is 71.2 Å². The summed E-state index contributed by atoms with van der Waals surface area (Å²) in [6.07, 6.45) is 6.70. The van der Waals surface area contributed by atoms with Crippen LogP contribution in [-0.2, 0) is 19.5 Å². The first-order valence-corrected chi connectivity index (χ1v) is 12.8. The van der Waals surface area contributed by atoms with E-state index in [1.54, 1.807) is 10.8 Å². The molecule has 1 aliphatic heterocycles. The van der Waals surface area contributed by atoms with Gasteiger partial charge in [0.15, 0.2) is 4.47 Å². The first-order chi connectivity index (χ1) is 16.5. The maximum absolute atomic E-state index is 13.3. The molecule has 0 saturated carbocycles. The second-order valence-corrected chi connectivity index (χ2v) is 10.6. The molecule has 1 N–H and O–H groups in total. The molecule has 2 aromatic heterocycles. The lowest BCUT2D eigenvalue weighted by atomic mass is 10.0. The van der Waals surface area contributed by atoms with E-state index in [4.69, 9.17) is 34.8 Å². The maximum atomic E-state index is 13.3. The van der Waals surface area contributed by atoms with Crippen molar-refractivity contribution in [1.29, 1.82) is 0 Å². The van der Waals surface area contributed by atoms with E-state index in [0.29, 0.717) is 16.0 Å². The molecule has 0 bridgehead atoms. The van der Waals surface area contributed by atoms with E-state index in [0.717, 1.165) is 63.7 Å². The maximum Gasteiger partial charge on any atom is 0.326 e. The molecule has 0 saturated heterocycles. The van der Waals surface area contributed by atoms with Gasteiger partial charge in [-0.2, -0.15) is 0 Å². The molecule has 0 unspecified atom stereocenters. The lowest BCUT2D eigenvalue weighted by molar-refractivity contribution is 0.240. The molecule has 1 aliphatic rings. The fourth-order valence-electron chi connectivity index (χ4n) is 4.32. The van der Waals surface area contributed by atoms with Crippen LogP contribution in [0.2, 0.25) is 14.5 Å². The van der Waals surface area contributed by atoms with Crippen LogP contribution in [0.1, 0.15) is 21.7 Å². The van der Waals surface area contributed by atoms with Gasteiger partial charge in [0.05, 0.1) is 17.1 Å². The number of aromatic nitrogens is 2. The van der Waals surface area contributed by atoms with Crippen LogP contribution in [0.4, 0.5) is 4.79 Å². The number of amides is 1. The van der Waals surface area contributed by atoms with Crippen molar-refractivity contribution < 1.29 is 4.79 Å². The van der Waals surface area contributed by atoms with Crippen LogP contribution in [-0.4, -0.2) is 33.6 Å². The lowest BCUT2D eigenvalue weighted by Gasteiger charge is -2.27. The highest BCUT2D eigenvalue weighted by Gasteiger charge is 2.27. The second kappa shape index (κ2) is 10.1. The van der Waals surface area contributed by atoms with Crippen molar-refractivity contribution in [2.75, 3.05) is 13.1 Å². The Balaban J connectivity index is 1.37. The topological polar surface area (TPSA) is 50.2 Å². The Hall–Kier alpha value is -2.35. The average molecular weight is 532 g/mol. The number of halogens is 3. The highest BCUT2D eigenvalue weighted by Crippen LogP contribution is 2.34. The van der Waals surface area contributed by atoms with Gasteiger partial charge in [0.2, 0.25) is 0 Å². The van der Waals surface area contributed by atoms with Crippen LogP contribution in [0, 0.1) is 0 Å². The molecule has 0 fully saturated rings. The van der Waals surface area contributed by atoms with Crippen LogP contribution >= 0.6 is 46.1 Å². The number of carbonyl (C=O) groups is 1. The molecule has 5 rings (SSSR count). The number of rotatable bonds is 5. The second-order valence-electron chi connectivity index (χ2n) is 8.07. The predicted octanol–water partition coefficient (Wildman–Crippen LogP) is 6.89. The Bertz CT molecular complexity index is 1380. The van der Waals surface area contributed by atoms with Crippen molar-refractivity contribution in [2.45, 2.75) is 19.5 Å². The highest BCUT2D eigenvalue weighted by molar-refractivity contribution is 7.15. The largest absolute Gasteiger partial charge is 0.332 e. The van der Waals surface area contributed by atoms with Crippen LogP contribution < -0.4 is 5.32 Å². The summed E-state index contributed by atoms with van der Waals surface area (Å²) >= 11 is 19.8. The molecule has 174 valence electrons. The summed E-state index contributed by atoms with van der Waals surface area (Å²) in [5.74, 6) is 0. The smallest absolute Gasteiger partial charge is 0.326 e. The third kappa shape index (κ3) is 4.88. The standard InChI is InChI=1S/C25H21Cl3N4OS/c26-17-8-6-16(7-9-17)3-2-11-31-12-10-22-20(15-31)19-4-1-5-21(27)23(19)32(22)25(33)30-14-18-13-29-24(28)34-18/h1-9,13H,10-12,14-15H2,(H,30,33)/b3-2+. The van der Waals surface area contributed by atoms with Gasteiger partial charge in [-0.25, -0.2) is 9.78 Å². The molecule has 5 nitrogen and oxygen atoms in total. The Kier molecular flexibility index (Phi) is 6.95. The zero-order valence-electron chi connectivity index (χ0n) is 18.1. The SMILES string of the molecule is O=C(NCc1cnc(Cl)s1)n1c2c(c3cccc(Cl)c31)CN(C/C=C/c1ccc(Cl)cc1)CC2. The molecule has 3 heterocycles. The first-order valence-electron chi connectivity index (χ1n) is 10.8. The first kappa shape index (κ1) is 23.4. The van der Waals surface area contributed by atoms with Crippen molar-refractivity contribution in [3.8, 4) is 0 Å². The molecule has 2 aromatic carbocycles. The molecule has 9 heteroatoms. The summed E-state index contributed by atoms with van der Waals surface area (Å²) in [5, 5.41) is 5.31. The Morgan fingerprint density at radius 1 is 1.15 bits per heavy atom. The van der Waals surface area contributed by atoms with Crippen molar-refractivity contribution in [2.24, 2.45) is 0 Å². The van der Waals surface area contributed by atoms with Crippen LogP contribution in [0.5, 0.6) is 0 Å². The molecule has 0 atom stereocenters. The normalized spacial score (nSPS) is 14.1. The Morgan fingerprint density at radius 3 is 2.74 bits per heavy atom. The molecule has 4 aromatic rings. The summed E-state index contributed by atoms with van der Waals surface area (Å²) in [6.45, 7) is 2.78. The summed E-state index contributed by atoms with van der Waals surface area (Å²) in [4.78, 5) is 20.6. The van der Waals surface area contributed by atoms with E-state index >= 15 is 0 Å². The Morgan fingerprint density at radius 2 is 1.97 bits per heavy atom. The molecule has 1 amide bonds. The third-order valence-corrected chi connectivity index (χ3v) is 7.56. The quantitative estimate of drug-likeness (QED) is 0.305. The van der Waals surface area contributed by atoms with Crippen molar-refractivity contribution in [1.82, 2.24) is 19.8 Å². The van der Waals surface area contributed by atoms with Crippen molar-refractivity contribution in [3.05, 3.63) is 90.9 Å². The van der Waals surface area contributed by atoms with Gasteiger partial charge in [-0.3, -0.25) is 9.47 Å². The zero-order valence-corrected chi connectivity index (χ0v) is 21.2. The minimum atomic E-state index is -0.194. The molecule has 0 radical (unpaired) electrons. The predicted molar refractivity (Wildman–Crippen MR) is 141 cm³/mol. The monoisotopic (exact) mass is 530 g/mol. The van der Waals surface area contributed by atoms with Gasteiger partial charge in [0.25, 0.3) is 0 Å². The van der Waals surface area contributed by atoms with Gasteiger partial charge in [0, 0.05) is 53.2 Å². The zero-order chi connectivity index (χ0) is 23.7. The van der Waals surface area contributed by atoms with E-state index in [9.17, 15) is 4.79 Å². The van der Waals surface area contributed by atoms with Crippen molar-refractivity contribution >= 4 is 69.1 Å². The average Bonchev–Trinajstić information content (AvgIpc) is 3.40. The van der Waals surface area contributed by atoms with Crippen LogP contribution in [0.3, 0.4) is 0 Å². The van der Waals surface area contributed by atoms with Crippen LogP contribution in [0.15, 0.2) is 54.7 Å². The van der Waals surface area contributed by atoms with E-state index in [1.807, 2.05) is 42.5 Å². The number of fused-ring (bicyclic) bond motifs is 3. The number of carbonyl (C=O) groups excluding carboxylic acids is 1. The summed E-state index contributed by atoms with van der Waals surface area (Å²) in [7, 11) is 0. The Labute approximate surface area is 216 Å². The lowest BCUT2D eigenvalue weighted by Crippen LogP contribution is -2.34. The molecule has 0 aliphatic carbocycles. The number of nitrogens with zero attached hydrogens (tertiary/aromatic N) is 3. The molecule has 0 spiro atoms. The number of benzene rings is 2. The number of hydrogen-bond acceptors (Lipinski definition) is 4. The van der Waals surface area contributed by atoms with Crippen molar-refractivity contribution in [3.63, 3.8) is 0 Å². The van der Waals surface area contributed by atoms with E-state index in [-0.39, 0.29) is 6.03 Å². The van der Waals surface area contributed by atoms with Gasteiger partial charge >= 0.3 is 6.03 Å². The molecular weight excluding hydrogens is 511 g/mol. The van der Waals surface area contributed by atoms with E-state index in [1.165, 1.54) is 11.3 Å². The van der Waals surface area contributed by atoms with Gasteiger partial charge in [-0.15, -0.1) is 11.3 Å². The van der Waals surface area contributed by atoms with Gasteiger partial charge in [-0.05, 0) is 29.3 Å². The summed E-state index contributed by atoms with van der Waals surface area (Å²) < 4.78 is 2.21. The highest BCUT2D eigenvalue weighted by atomic mass is 35.5. The number of nitrogens with one attached hydrogen (secondary N) is 1. The fraction of sp³-hybridized carbons (Fsp3) is 0.200. The van der Waals surface area contributed by atoms with Crippen LogP contribution in [0.25, 0.3) is 17.0 Å². The summed E-state index contributed by atoms with van der Waals surface area (Å²) in [6, 6.07) is 13.4. The molecular formula is C25H21Cl3N4OS. The number of thiazole rings is 1. The third-order valence-electron chi connectivity index (χ3n) is 5.89. The van der Waals surface area contributed by atoms with E-state index < -0.39 is 0 Å². The molecule has 34 heavy (non-hydrogen) atoms. The van der Waals surface area contributed by atoms with E-state index in [2.05, 4.69) is 27.4 Å².